The average molecular weight is 412 g/mol. The molecule has 0 aliphatic rings. The summed E-state index contributed by atoms with van der Waals surface area (Å²) < 4.78 is 0. The van der Waals surface area contributed by atoms with Crippen LogP contribution in [0, 0.1) is 11.3 Å². The Kier molecular flexibility index (Phi) is 9.12. The van der Waals surface area contributed by atoms with Crippen LogP contribution in [0.15, 0.2) is 108 Å². The summed E-state index contributed by atoms with van der Waals surface area (Å²) in [5, 5.41) is 17.6. The number of carboxylic acids is 1. The smallest absolute Gasteiger partial charge is 0.346 e. The van der Waals surface area contributed by atoms with Gasteiger partial charge in [0.15, 0.2) is 0 Å². The monoisotopic (exact) mass is 411 g/mol. The van der Waals surface area contributed by atoms with Gasteiger partial charge in [0.05, 0.1) is 11.4 Å². The molecule has 0 saturated heterocycles. The van der Waals surface area contributed by atoms with Gasteiger partial charge in [-0.15, -0.1) is 0 Å². The van der Waals surface area contributed by atoms with Crippen molar-refractivity contribution >= 4 is 23.4 Å². The summed E-state index contributed by atoms with van der Waals surface area (Å²) >= 11 is 0. The quantitative estimate of drug-likeness (QED) is 0.200. The van der Waals surface area contributed by atoms with E-state index >= 15 is 0 Å². The van der Waals surface area contributed by atoms with Gasteiger partial charge in [-0.25, -0.2) is 4.79 Å². The molecule has 0 spiro atoms. The van der Waals surface area contributed by atoms with Crippen LogP contribution < -0.4 is 10.9 Å². The first-order chi connectivity index (χ1) is 15.0. The van der Waals surface area contributed by atoms with Crippen molar-refractivity contribution in [3.8, 4) is 6.07 Å². The lowest BCUT2D eigenvalue weighted by Crippen LogP contribution is -2.07. The van der Waals surface area contributed by atoms with Crippen LogP contribution in [-0.2, 0) is 4.79 Å². The Balaban J connectivity index is 1.89. The minimum Gasteiger partial charge on any atom is -0.477 e. The molecule has 0 bridgehead atoms. The molecule has 3 N–H and O–H groups in total. The highest BCUT2D eigenvalue weighted by Crippen LogP contribution is 2.13. The molecule has 2 aromatic rings. The Bertz CT molecular complexity index is 1070. The molecule has 156 valence electrons. The summed E-state index contributed by atoms with van der Waals surface area (Å²) in [4.78, 5) is 10.8. The van der Waals surface area contributed by atoms with E-state index in [0.717, 1.165) is 22.5 Å². The Morgan fingerprint density at radius 1 is 0.903 bits per heavy atom. The third-order valence-corrected chi connectivity index (χ3v) is 4.13. The van der Waals surface area contributed by atoms with Gasteiger partial charge in [0, 0.05) is 0 Å². The molecule has 0 saturated carbocycles. The maximum absolute atomic E-state index is 10.8. The number of carbonyl (C=O) groups is 1. The first-order valence-corrected chi connectivity index (χ1v) is 9.70. The largest absolute Gasteiger partial charge is 0.477 e. The molecule has 2 aromatic carbocycles. The predicted molar refractivity (Wildman–Crippen MR) is 127 cm³/mol. The van der Waals surface area contributed by atoms with E-state index in [4.69, 9.17) is 10.4 Å². The van der Waals surface area contributed by atoms with Crippen LogP contribution >= 0.6 is 0 Å². The van der Waals surface area contributed by atoms with Crippen LogP contribution in [0.1, 0.15) is 19.4 Å². The molecule has 0 heterocycles. The van der Waals surface area contributed by atoms with E-state index in [-0.39, 0.29) is 5.57 Å². The van der Waals surface area contributed by atoms with E-state index in [1.165, 1.54) is 6.08 Å². The van der Waals surface area contributed by atoms with Gasteiger partial charge in [-0.1, -0.05) is 72.4 Å². The van der Waals surface area contributed by atoms with E-state index in [1.807, 2.05) is 85.8 Å². The Morgan fingerprint density at radius 3 is 2.06 bits per heavy atom. The van der Waals surface area contributed by atoms with Crippen molar-refractivity contribution in [2.45, 2.75) is 13.8 Å². The molecule has 0 aromatic heterocycles. The highest BCUT2D eigenvalue weighted by molar-refractivity contribution is 5.91. The van der Waals surface area contributed by atoms with Crippen molar-refractivity contribution in [1.29, 1.82) is 5.26 Å². The molecule has 5 nitrogen and oxygen atoms in total. The summed E-state index contributed by atoms with van der Waals surface area (Å²) in [5.74, 6) is -1.23. The maximum Gasteiger partial charge on any atom is 0.346 e. The number of hydrogen-bond donors (Lipinski definition) is 3. The lowest BCUT2D eigenvalue weighted by Gasteiger charge is -2.09. The number of nitrogens with zero attached hydrogens (tertiary/aromatic N) is 1. The van der Waals surface area contributed by atoms with Crippen LogP contribution in [0.3, 0.4) is 0 Å². The molecule has 0 aliphatic heterocycles. The van der Waals surface area contributed by atoms with Crippen molar-refractivity contribution in [3.63, 3.8) is 0 Å². The number of hydrogen-bond acceptors (Lipinski definition) is 4. The maximum atomic E-state index is 10.8. The molecule has 5 heteroatoms. The van der Waals surface area contributed by atoms with Crippen molar-refractivity contribution in [2.75, 3.05) is 10.9 Å². The second-order valence-electron chi connectivity index (χ2n) is 6.75. The number of carboxylic acid groups (broad SMARTS) is 1. The highest BCUT2D eigenvalue weighted by atomic mass is 16.4. The van der Waals surface area contributed by atoms with Crippen LogP contribution in [0.2, 0.25) is 0 Å². The molecular formula is C26H25N3O2. The summed E-state index contributed by atoms with van der Waals surface area (Å²) in [6, 6.07) is 19.6. The summed E-state index contributed by atoms with van der Waals surface area (Å²) in [5.41, 5.74) is 10.8. The van der Waals surface area contributed by atoms with Crippen molar-refractivity contribution in [2.24, 2.45) is 0 Å². The SMILES string of the molecule is CC(C=Cc1ccc(NNc2ccccc2)cc1)=CC=CC=C(C)C=C(C#N)C(=O)O. The van der Waals surface area contributed by atoms with Crippen molar-refractivity contribution in [3.05, 3.63) is 113 Å². The van der Waals surface area contributed by atoms with Gasteiger partial charge in [0.2, 0.25) is 0 Å². The topological polar surface area (TPSA) is 85.1 Å². The fraction of sp³-hybridized carbons (Fsp3) is 0.0769. The number of hydrazine groups is 1. The molecule has 2 rings (SSSR count). The Labute approximate surface area is 183 Å². The van der Waals surface area contributed by atoms with Crippen molar-refractivity contribution in [1.82, 2.24) is 0 Å². The zero-order chi connectivity index (χ0) is 22.5. The second-order valence-corrected chi connectivity index (χ2v) is 6.75. The van der Waals surface area contributed by atoms with Gasteiger partial charge < -0.3 is 16.0 Å². The first kappa shape index (κ1) is 23.0. The minimum absolute atomic E-state index is 0.283. The number of aliphatic carboxylic acids is 1. The lowest BCUT2D eigenvalue weighted by molar-refractivity contribution is -0.132. The number of nitrogens with one attached hydrogen (secondary N) is 2. The summed E-state index contributed by atoms with van der Waals surface area (Å²) in [7, 11) is 0. The third kappa shape index (κ3) is 8.71. The van der Waals surface area contributed by atoms with E-state index in [0.29, 0.717) is 5.57 Å². The third-order valence-electron chi connectivity index (χ3n) is 4.13. The minimum atomic E-state index is -1.23. The summed E-state index contributed by atoms with van der Waals surface area (Å²) in [6.45, 7) is 3.74. The molecule has 0 amide bonds. The van der Waals surface area contributed by atoms with Gasteiger partial charge in [-0.2, -0.15) is 5.26 Å². The number of nitriles is 1. The van der Waals surface area contributed by atoms with Crippen LogP contribution in [0.5, 0.6) is 0 Å². The number of rotatable bonds is 9. The van der Waals surface area contributed by atoms with Crippen molar-refractivity contribution < 1.29 is 9.90 Å². The molecular weight excluding hydrogens is 386 g/mol. The normalized spacial score (nSPS) is 12.7. The number of para-hydroxylation sites is 1. The Hall–Kier alpha value is -4.30. The van der Waals surface area contributed by atoms with Crippen LogP contribution in [-0.4, -0.2) is 11.1 Å². The lowest BCUT2D eigenvalue weighted by atomic mass is 10.1. The molecule has 0 aliphatic carbocycles. The van der Waals surface area contributed by atoms with Crippen LogP contribution in [0.4, 0.5) is 11.4 Å². The van der Waals surface area contributed by atoms with E-state index in [2.05, 4.69) is 10.9 Å². The van der Waals surface area contributed by atoms with E-state index in [1.54, 1.807) is 25.1 Å². The second kappa shape index (κ2) is 12.3. The average Bonchev–Trinajstić information content (AvgIpc) is 2.78. The number of benzene rings is 2. The molecule has 0 fully saturated rings. The van der Waals surface area contributed by atoms with Gasteiger partial charge in [0.25, 0.3) is 0 Å². The van der Waals surface area contributed by atoms with Gasteiger partial charge in [-0.3, -0.25) is 0 Å². The van der Waals surface area contributed by atoms with Gasteiger partial charge >= 0.3 is 5.97 Å². The molecule has 0 atom stereocenters. The predicted octanol–water partition coefficient (Wildman–Crippen LogP) is 6.12. The Morgan fingerprint density at radius 2 is 1.48 bits per heavy atom. The van der Waals surface area contributed by atoms with Gasteiger partial charge in [0.1, 0.15) is 11.6 Å². The molecule has 0 radical (unpaired) electrons. The number of allylic oxidation sites excluding steroid dienone is 8. The van der Waals surface area contributed by atoms with Crippen LogP contribution in [0.25, 0.3) is 6.08 Å². The van der Waals surface area contributed by atoms with E-state index < -0.39 is 5.97 Å². The fourth-order valence-corrected chi connectivity index (χ4v) is 2.46. The zero-order valence-corrected chi connectivity index (χ0v) is 17.5. The number of anilines is 2. The fourth-order valence-electron chi connectivity index (χ4n) is 2.46. The zero-order valence-electron chi connectivity index (χ0n) is 17.5. The standard InChI is InChI=1S/C26H25N3O2/c1-20(8-6-7-9-21(2)18-23(19-27)26(30)31)12-13-22-14-16-25(17-15-22)29-28-24-10-4-3-5-11-24/h3-18,28-29H,1-2H3,(H,30,31). The molecule has 31 heavy (non-hydrogen) atoms. The molecule has 0 unspecified atom stereocenters. The van der Waals surface area contributed by atoms with E-state index in [9.17, 15) is 4.79 Å². The first-order valence-electron chi connectivity index (χ1n) is 9.70. The summed E-state index contributed by atoms with van der Waals surface area (Å²) in [6.07, 6.45) is 12.8. The van der Waals surface area contributed by atoms with Gasteiger partial charge in [-0.05, 0) is 55.3 Å². The highest BCUT2D eigenvalue weighted by Gasteiger charge is 2.04.